The molecule has 0 fully saturated rings. The van der Waals surface area contributed by atoms with E-state index in [-0.39, 0.29) is 6.61 Å². The highest BCUT2D eigenvalue weighted by atomic mass is 19.1. The second kappa shape index (κ2) is 11.4. The van der Waals surface area contributed by atoms with Gasteiger partial charge in [-0.15, -0.1) is 0 Å². The van der Waals surface area contributed by atoms with Gasteiger partial charge in [-0.2, -0.15) is 5.10 Å². The van der Waals surface area contributed by atoms with E-state index in [4.69, 9.17) is 4.74 Å². The number of carbonyl (C=O) groups is 3. The second-order valence-corrected chi connectivity index (χ2v) is 7.28. The third-order valence-electron chi connectivity index (χ3n) is 4.83. The molecule has 0 atom stereocenters. The molecule has 0 unspecified atom stereocenters. The number of aryl methyl sites for hydroxylation is 1. The van der Waals surface area contributed by atoms with E-state index in [1.165, 1.54) is 30.5 Å². The zero-order valence-corrected chi connectivity index (χ0v) is 18.6. The van der Waals surface area contributed by atoms with Crippen molar-refractivity contribution < 1.29 is 23.5 Å². The van der Waals surface area contributed by atoms with Crippen LogP contribution in [-0.2, 0) is 14.4 Å². The van der Waals surface area contributed by atoms with Gasteiger partial charge in [0.05, 0.1) is 6.21 Å². The SMILES string of the molecule is Cc1cccc(NC(=O)C(=O)N/N=C\c2ccccc2OCC(=O)Nc2ccc(F)cc2)c1C. The number of ether oxygens (including phenoxy) is 1. The summed E-state index contributed by atoms with van der Waals surface area (Å²) in [5.74, 6) is -2.29. The minimum absolute atomic E-state index is 0.299. The Morgan fingerprint density at radius 2 is 1.65 bits per heavy atom. The Morgan fingerprint density at radius 1 is 0.912 bits per heavy atom. The molecule has 8 nitrogen and oxygen atoms in total. The van der Waals surface area contributed by atoms with Crippen molar-refractivity contribution >= 4 is 35.3 Å². The zero-order chi connectivity index (χ0) is 24.5. The standard InChI is InChI=1S/C25H23FN4O4/c1-16-6-5-8-21(17(16)2)29-24(32)25(33)30-27-14-18-7-3-4-9-22(18)34-15-23(31)28-20-12-10-19(26)11-13-20/h3-14H,15H2,1-2H3,(H,28,31)(H,29,32)(H,30,33)/b27-14-. The number of hydrazone groups is 1. The van der Waals surface area contributed by atoms with Crippen molar-refractivity contribution in [1.82, 2.24) is 5.43 Å². The van der Waals surface area contributed by atoms with Crippen LogP contribution in [0, 0.1) is 19.7 Å². The predicted molar refractivity (Wildman–Crippen MR) is 127 cm³/mol. The first kappa shape index (κ1) is 24.1. The minimum atomic E-state index is -0.936. The quantitative estimate of drug-likeness (QED) is 0.283. The fourth-order valence-corrected chi connectivity index (χ4v) is 2.87. The summed E-state index contributed by atoms with van der Waals surface area (Å²) in [6, 6.07) is 17.5. The molecule has 34 heavy (non-hydrogen) atoms. The molecule has 0 aliphatic rings. The van der Waals surface area contributed by atoms with Crippen LogP contribution < -0.4 is 20.8 Å². The molecular formula is C25H23FN4O4. The van der Waals surface area contributed by atoms with Crippen LogP contribution >= 0.6 is 0 Å². The Labute approximate surface area is 195 Å². The van der Waals surface area contributed by atoms with Gasteiger partial charge in [-0.05, 0) is 67.4 Å². The molecule has 0 aromatic heterocycles. The van der Waals surface area contributed by atoms with Crippen LogP contribution in [0.2, 0.25) is 0 Å². The lowest BCUT2D eigenvalue weighted by Crippen LogP contribution is -2.32. The molecule has 3 rings (SSSR count). The Kier molecular flexibility index (Phi) is 8.07. The summed E-state index contributed by atoms with van der Waals surface area (Å²) in [6.45, 7) is 3.45. The van der Waals surface area contributed by atoms with Crippen LogP contribution in [0.15, 0.2) is 71.8 Å². The van der Waals surface area contributed by atoms with Gasteiger partial charge in [0, 0.05) is 16.9 Å². The maximum atomic E-state index is 13.0. The van der Waals surface area contributed by atoms with E-state index in [1.807, 2.05) is 19.9 Å². The van der Waals surface area contributed by atoms with Crippen LogP contribution in [0.1, 0.15) is 16.7 Å². The van der Waals surface area contributed by atoms with Crippen molar-refractivity contribution in [2.45, 2.75) is 13.8 Å². The van der Waals surface area contributed by atoms with Gasteiger partial charge in [0.25, 0.3) is 5.91 Å². The van der Waals surface area contributed by atoms with Crippen LogP contribution in [0.5, 0.6) is 5.75 Å². The highest BCUT2D eigenvalue weighted by Gasteiger charge is 2.14. The lowest BCUT2D eigenvalue weighted by Gasteiger charge is -2.10. The summed E-state index contributed by atoms with van der Waals surface area (Å²) in [4.78, 5) is 36.3. The Bertz CT molecular complexity index is 1230. The fourth-order valence-electron chi connectivity index (χ4n) is 2.87. The first-order valence-corrected chi connectivity index (χ1v) is 10.3. The summed E-state index contributed by atoms with van der Waals surface area (Å²) in [7, 11) is 0. The summed E-state index contributed by atoms with van der Waals surface area (Å²) < 4.78 is 18.5. The largest absolute Gasteiger partial charge is 0.483 e. The van der Waals surface area contributed by atoms with Gasteiger partial charge in [0.2, 0.25) is 0 Å². The Hall–Kier alpha value is -4.53. The smallest absolute Gasteiger partial charge is 0.329 e. The highest BCUT2D eigenvalue weighted by Crippen LogP contribution is 2.18. The molecule has 174 valence electrons. The number of nitrogens with one attached hydrogen (secondary N) is 3. The maximum absolute atomic E-state index is 13.0. The van der Waals surface area contributed by atoms with Gasteiger partial charge in [-0.1, -0.05) is 24.3 Å². The zero-order valence-electron chi connectivity index (χ0n) is 18.6. The van der Waals surface area contributed by atoms with Gasteiger partial charge in [-0.3, -0.25) is 14.4 Å². The fraction of sp³-hybridized carbons (Fsp3) is 0.120. The van der Waals surface area contributed by atoms with Crippen LogP contribution in [-0.4, -0.2) is 30.5 Å². The van der Waals surface area contributed by atoms with E-state index in [2.05, 4.69) is 21.2 Å². The average Bonchev–Trinajstić information content (AvgIpc) is 2.82. The van der Waals surface area contributed by atoms with Gasteiger partial charge >= 0.3 is 11.8 Å². The topological polar surface area (TPSA) is 109 Å². The second-order valence-electron chi connectivity index (χ2n) is 7.28. The number of hydrogen-bond donors (Lipinski definition) is 3. The van der Waals surface area contributed by atoms with Crippen molar-refractivity contribution in [3.05, 3.63) is 89.2 Å². The lowest BCUT2D eigenvalue weighted by molar-refractivity contribution is -0.136. The van der Waals surface area contributed by atoms with Crippen LogP contribution in [0.3, 0.4) is 0 Å². The van der Waals surface area contributed by atoms with E-state index in [0.717, 1.165) is 11.1 Å². The third-order valence-corrected chi connectivity index (χ3v) is 4.83. The van der Waals surface area contributed by atoms with Crippen molar-refractivity contribution in [3.63, 3.8) is 0 Å². The molecule has 0 spiro atoms. The van der Waals surface area contributed by atoms with Crippen LogP contribution in [0.4, 0.5) is 15.8 Å². The summed E-state index contributed by atoms with van der Waals surface area (Å²) in [6.07, 6.45) is 1.30. The van der Waals surface area contributed by atoms with E-state index in [9.17, 15) is 18.8 Å². The number of rotatable bonds is 7. The summed E-state index contributed by atoms with van der Waals surface area (Å²) >= 11 is 0. The molecule has 0 radical (unpaired) electrons. The molecule has 0 aliphatic carbocycles. The van der Waals surface area contributed by atoms with E-state index >= 15 is 0 Å². The van der Waals surface area contributed by atoms with Crippen LogP contribution in [0.25, 0.3) is 0 Å². The molecule has 0 saturated carbocycles. The Balaban J connectivity index is 1.54. The molecular weight excluding hydrogens is 439 g/mol. The maximum Gasteiger partial charge on any atom is 0.329 e. The van der Waals surface area contributed by atoms with Crippen molar-refractivity contribution in [1.29, 1.82) is 0 Å². The van der Waals surface area contributed by atoms with Gasteiger partial charge in [-0.25, -0.2) is 9.82 Å². The Morgan fingerprint density at radius 3 is 2.41 bits per heavy atom. The molecule has 3 aromatic rings. The molecule has 0 saturated heterocycles. The molecule has 0 heterocycles. The predicted octanol–water partition coefficient (Wildman–Crippen LogP) is 3.55. The number of nitrogens with zero attached hydrogens (tertiary/aromatic N) is 1. The molecule has 0 bridgehead atoms. The number of carbonyl (C=O) groups excluding carboxylic acids is 3. The van der Waals surface area contributed by atoms with Gasteiger partial charge < -0.3 is 15.4 Å². The van der Waals surface area contributed by atoms with Crippen molar-refractivity contribution in [3.8, 4) is 5.75 Å². The van der Waals surface area contributed by atoms with E-state index in [0.29, 0.717) is 22.7 Å². The van der Waals surface area contributed by atoms with Crippen molar-refractivity contribution in [2.75, 3.05) is 17.2 Å². The molecule has 3 aromatic carbocycles. The number of amides is 3. The highest BCUT2D eigenvalue weighted by molar-refractivity contribution is 6.39. The monoisotopic (exact) mass is 462 g/mol. The van der Waals surface area contributed by atoms with Gasteiger partial charge in [0.1, 0.15) is 11.6 Å². The lowest BCUT2D eigenvalue weighted by atomic mass is 10.1. The molecule has 3 amide bonds. The molecule has 0 aliphatic heterocycles. The van der Waals surface area contributed by atoms with E-state index < -0.39 is 23.5 Å². The third kappa shape index (κ3) is 6.73. The number of anilines is 2. The molecule has 9 heteroatoms. The molecule has 3 N–H and O–H groups in total. The number of halogens is 1. The normalized spacial score (nSPS) is 10.6. The average molecular weight is 462 g/mol. The summed E-state index contributed by atoms with van der Waals surface area (Å²) in [5, 5.41) is 8.95. The minimum Gasteiger partial charge on any atom is -0.483 e. The number of para-hydroxylation sites is 1. The number of hydrogen-bond acceptors (Lipinski definition) is 5. The van der Waals surface area contributed by atoms with E-state index in [1.54, 1.807) is 36.4 Å². The van der Waals surface area contributed by atoms with Gasteiger partial charge in [0.15, 0.2) is 6.61 Å². The first-order valence-electron chi connectivity index (χ1n) is 10.3. The number of benzene rings is 3. The summed E-state index contributed by atoms with van der Waals surface area (Å²) in [5.41, 5.74) is 5.47. The first-order chi connectivity index (χ1) is 16.3. The van der Waals surface area contributed by atoms with Crippen molar-refractivity contribution in [2.24, 2.45) is 5.10 Å².